The number of nitrogen functional groups attached to an aromatic ring is 1. The Morgan fingerprint density at radius 1 is 1.18 bits per heavy atom. The summed E-state index contributed by atoms with van der Waals surface area (Å²) < 4.78 is 26.9. The number of aromatic nitrogens is 1. The van der Waals surface area contributed by atoms with Gasteiger partial charge in [0.25, 0.3) is 0 Å². The van der Waals surface area contributed by atoms with Crippen LogP contribution in [-0.4, -0.2) is 41.6 Å². The summed E-state index contributed by atoms with van der Waals surface area (Å²) >= 11 is 0. The third kappa shape index (κ3) is 6.54. The van der Waals surface area contributed by atoms with Gasteiger partial charge in [0, 0.05) is 54.1 Å². The van der Waals surface area contributed by atoms with Gasteiger partial charge in [-0.2, -0.15) is 0 Å². The highest BCUT2D eigenvalue weighted by Crippen LogP contribution is 2.33. The number of carbonyl (C=O) groups is 2. The maximum atomic E-state index is 15.5. The lowest BCUT2D eigenvalue weighted by Gasteiger charge is -2.28. The summed E-state index contributed by atoms with van der Waals surface area (Å²) in [6.45, 7) is 7.87. The summed E-state index contributed by atoms with van der Waals surface area (Å²) in [6.07, 6.45) is 1.35. The topological polar surface area (TPSA) is 119 Å². The minimum atomic E-state index is -0.768. The van der Waals surface area contributed by atoms with E-state index in [1.807, 2.05) is 70.2 Å². The molecule has 2 aliphatic rings. The molecule has 4 aromatic rings. The normalized spacial score (nSPS) is 18.1. The fourth-order valence-corrected chi connectivity index (χ4v) is 5.43. The Balaban J connectivity index is 1.58. The minimum absolute atomic E-state index is 0.0261. The Labute approximate surface area is 256 Å². The van der Waals surface area contributed by atoms with Gasteiger partial charge in [-0.15, -0.1) is 0 Å². The Morgan fingerprint density at radius 3 is 2.73 bits per heavy atom. The Kier molecular flexibility index (Phi) is 8.89. The van der Waals surface area contributed by atoms with E-state index in [1.165, 1.54) is 11.0 Å². The van der Waals surface area contributed by atoms with Crippen LogP contribution in [0.4, 0.5) is 26.4 Å². The van der Waals surface area contributed by atoms with E-state index in [-0.39, 0.29) is 42.5 Å². The van der Waals surface area contributed by atoms with Crippen LogP contribution >= 0.6 is 0 Å². The molecule has 2 aliphatic heterocycles. The first-order valence-corrected chi connectivity index (χ1v) is 14.7. The fourth-order valence-electron chi connectivity index (χ4n) is 5.43. The number of likely N-dealkylation sites (N-methyl/N-ethyl adjacent to an activating group) is 1. The average Bonchev–Trinajstić information content (AvgIpc) is 2.99. The largest absolute Gasteiger partial charge is 0.487 e. The highest BCUT2D eigenvalue weighted by molar-refractivity contribution is 5.94. The lowest BCUT2D eigenvalue weighted by Crippen LogP contribution is -2.35. The number of rotatable bonds is 5. The molecular formula is C34H38FN5O4. The van der Waals surface area contributed by atoms with E-state index in [1.54, 1.807) is 19.3 Å². The molecule has 4 N–H and O–H groups in total. The molecule has 0 radical (unpaired) electrons. The molecule has 10 heteroatoms. The first-order chi connectivity index (χ1) is 21.0. The first-order valence-electron chi connectivity index (χ1n) is 14.7. The van der Waals surface area contributed by atoms with E-state index >= 15 is 4.39 Å². The van der Waals surface area contributed by atoms with Crippen LogP contribution in [0.15, 0.2) is 60.8 Å². The van der Waals surface area contributed by atoms with Gasteiger partial charge in [0.2, 0.25) is 5.91 Å². The number of nitrogens with one attached hydrogen (secondary N) is 2. The van der Waals surface area contributed by atoms with Crippen LogP contribution in [0.25, 0.3) is 10.8 Å². The number of benzene rings is 3. The number of fused-ring (bicyclic) bond motifs is 10. The van der Waals surface area contributed by atoms with Crippen molar-refractivity contribution in [3.63, 3.8) is 0 Å². The molecule has 3 heterocycles. The van der Waals surface area contributed by atoms with E-state index in [0.29, 0.717) is 17.8 Å². The zero-order chi connectivity index (χ0) is 31.5. The zero-order valence-corrected chi connectivity index (χ0v) is 25.6. The van der Waals surface area contributed by atoms with Crippen molar-refractivity contribution in [1.29, 1.82) is 0 Å². The van der Waals surface area contributed by atoms with Gasteiger partial charge in [-0.05, 0) is 72.7 Å². The van der Waals surface area contributed by atoms with Crippen molar-refractivity contribution in [1.82, 2.24) is 9.88 Å². The summed E-state index contributed by atoms with van der Waals surface area (Å²) in [5.41, 5.74) is 10.1. The third-order valence-corrected chi connectivity index (χ3v) is 8.02. The number of anilines is 3. The maximum absolute atomic E-state index is 15.5. The fraction of sp³-hybridized carbons (Fsp3) is 0.324. The number of halogens is 1. The summed E-state index contributed by atoms with van der Waals surface area (Å²) in [5.74, 6) is -0.526. The summed E-state index contributed by atoms with van der Waals surface area (Å²) in [7, 11) is 1.66. The van der Waals surface area contributed by atoms with Crippen LogP contribution in [-0.2, 0) is 16.1 Å². The van der Waals surface area contributed by atoms with Gasteiger partial charge < -0.3 is 25.4 Å². The van der Waals surface area contributed by atoms with Crippen molar-refractivity contribution in [3.05, 3.63) is 88.9 Å². The predicted molar refractivity (Wildman–Crippen MR) is 170 cm³/mol. The molecule has 44 heavy (non-hydrogen) atoms. The van der Waals surface area contributed by atoms with Crippen molar-refractivity contribution in [2.24, 2.45) is 0 Å². The van der Waals surface area contributed by atoms with E-state index in [9.17, 15) is 9.59 Å². The summed E-state index contributed by atoms with van der Waals surface area (Å²) in [6, 6.07) is 15.4. The van der Waals surface area contributed by atoms with Crippen molar-refractivity contribution in [3.8, 4) is 5.75 Å². The smallest absolute Gasteiger partial charge is 0.411 e. The number of hydrogen-bond acceptors (Lipinski definition) is 7. The Bertz CT molecular complexity index is 1710. The van der Waals surface area contributed by atoms with Gasteiger partial charge in [-0.1, -0.05) is 32.0 Å². The van der Waals surface area contributed by atoms with Crippen LogP contribution in [0.2, 0.25) is 0 Å². The average molecular weight is 600 g/mol. The molecule has 0 aliphatic carbocycles. The van der Waals surface area contributed by atoms with Gasteiger partial charge in [0.1, 0.15) is 11.9 Å². The molecule has 0 spiro atoms. The molecule has 2 amide bonds. The van der Waals surface area contributed by atoms with Crippen molar-refractivity contribution >= 4 is 40.0 Å². The number of aryl methyl sites for hydroxylation is 1. The molecule has 3 aromatic carbocycles. The van der Waals surface area contributed by atoms with E-state index < -0.39 is 18.0 Å². The molecule has 4 bridgehead atoms. The van der Waals surface area contributed by atoms with E-state index in [2.05, 4.69) is 15.6 Å². The maximum Gasteiger partial charge on any atom is 0.411 e. The summed E-state index contributed by atoms with van der Waals surface area (Å²) in [5, 5.41) is 7.76. The second kappa shape index (κ2) is 12.8. The van der Waals surface area contributed by atoms with Gasteiger partial charge in [0.15, 0.2) is 11.6 Å². The Hall–Kier alpha value is -4.86. The second-order valence-electron chi connectivity index (χ2n) is 11.4. The summed E-state index contributed by atoms with van der Waals surface area (Å²) in [4.78, 5) is 32.6. The molecule has 6 rings (SSSR count). The number of amides is 2. The van der Waals surface area contributed by atoms with Crippen LogP contribution in [0.3, 0.4) is 0 Å². The molecular weight excluding hydrogens is 561 g/mol. The first kappa shape index (κ1) is 30.6. The second-order valence-corrected chi connectivity index (χ2v) is 11.4. The molecule has 0 unspecified atom stereocenters. The lowest BCUT2D eigenvalue weighted by atomic mass is 9.93. The van der Waals surface area contributed by atoms with E-state index in [0.717, 1.165) is 33.2 Å². The number of nitrogens with zero attached hydrogens (tertiary/aromatic N) is 2. The third-order valence-electron chi connectivity index (χ3n) is 8.02. The SMILES string of the molecule is CC[C@@H](C)Oc1c(F)cc2cc1CN(C)C(=O)[C@H](Nc1ccc3c(N)nccc3c1)c1ccc(c(C)c1)[C@@H](C)COC(=O)N2. The number of carbonyl (C=O) groups excluding carboxylic acids is 2. The zero-order valence-electron chi connectivity index (χ0n) is 25.6. The van der Waals surface area contributed by atoms with Crippen molar-refractivity contribution < 1.29 is 23.5 Å². The van der Waals surface area contributed by atoms with E-state index in [4.69, 9.17) is 15.2 Å². The number of ether oxygens (including phenoxy) is 2. The van der Waals surface area contributed by atoms with Gasteiger partial charge in [-0.25, -0.2) is 14.2 Å². The van der Waals surface area contributed by atoms with Crippen LogP contribution < -0.4 is 21.1 Å². The minimum Gasteiger partial charge on any atom is -0.487 e. The van der Waals surface area contributed by atoms with Crippen molar-refractivity contribution in [2.45, 2.75) is 58.7 Å². The molecule has 0 fully saturated rings. The van der Waals surface area contributed by atoms with Gasteiger partial charge >= 0.3 is 6.09 Å². The highest BCUT2D eigenvalue weighted by atomic mass is 19.1. The predicted octanol–water partition coefficient (Wildman–Crippen LogP) is 6.92. The highest BCUT2D eigenvalue weighted by Gasteiger charge is 2.27. The Morgan fingerprint density at radius 2 is 1.98 bits per heavy atom. The van der Waals surface area contributed by atoms with Crippen LogP contribution in [0.1, 0.15) is 61.4 Å². The molecule has 230 valence electrons. The van der Waals surface area contributed by atoms with Crippen LogP contribution in [0.5, 0.6) is 5.75 Å². The molecule has 9 nitrogen and oxygen atoms in total. The van der Waals surface area contributed by atoms with Gasteiger partial charge in [-0.3, -0.25) is 10.1 Å². The quantitative estimate of drug-likeness (QED) is 0.228. The number of nitrogens with two attached hydrogens (primary N) is 1. The monoisotopic (exact) mass is 599 g/mol. The lowest BCUT2D eigenvalue weighted by molar-refractivity contribution is -0.131. The molecule has 0 saturated carbocycles. The van der Waals surface area contributed by atoms with Crippen LogP contribution in [0, 0.1) is 12.7 Å². The number of pyridine rings is 1. The number of hydrogen-bond donors (Lipinski definition) is 3. The van der Waals surface area contributed by atoms with Gasteiger partial charge in [0.05, 0.1) is 12.7 Å². The van der Waals surface area contributed by atoms with Crippen molar-refractivity contribution in [2.75, 3.05) is 30.0 Å². The molecule has 1 aromatic heterocycles. The molecule has 0 saturated heterocycles. The molecule has 3 atom stereocenters. The standard InChI is InChI=1S/C34H38FN5O4/c1-6-21(4)44-31-24-15-26(16-29(31)35)39-34(42)43-18-20(3)27-9-7-23(13-19(27)2)30(33(41)40(5)17-24)38-25-8-10-28-22(14-25)11-12-37-32(28)36/h7-16,20-21,30,38H,6,17-18H2,1-5H3,(H2,36,37)(H,39,42)/t20-,21+,30+/m0/s1.